The molecule has 0 amide bonds. The molecule has 0 aliphatic heterocycles. The summed E-state index contributed by atoms with van der Waals surface area (Å²) >= 11 is 0. The summed E-state index contributed by atoms with van der Waals surface area (Å²) < 4.78 is 40.2. The number of halogens is 3. The van der Waals surface area contributed by atoms with Crippen LogP contribution >= 0.6 is 0 Å². The standard InChI is InChI=1S/C24H21F3N8O/c1-11-8-12(2)31-20(30-11)15-5-6-16(15)21-32-22-19(23(36)33-21)17(9-28)34-35(22)13(3)14-4-7-18(29-10-14)24(25,26)27/h4,7-8,10,13,15-16H,5-6H2,1-3H3,(H,32,33,36)/t13-,15+,16+/m0/s1. The predicted octanol–water partition coefficient (Wildman–Crippen LogP) is 4.08. The number of aryl methyl sites for hydroxylation is 2. The lowest BCUT2D eigenvalue weighted by Crippen LogP contribution is -2.28. The van der Waals surface area contributed by atoms with Crippen molar-refractivity contribution in [1.29, 1.82) is 5.26 Å². The molecule has 0 saturated heterocycles. The lowest BCUT2D eigenvalue weighted by atomic mass is 9.72. The van der Waals surface area contributed by atoms with Crippen molar-refractivity contribution in [3.8, 4) is 6.07 Å². The number of hydrogen-bond acceptors (Lipinski definition) is 7. The van der Waals surface area contributed by atoms with E-state index in [4.69, 9.17) is 0 Å². The first-order valence-electron chi connectivity index (χ1n) is 11.3. The Kier molecular flexibility index (Phi) is 5.58. The van der Waals surface area contributed by atoms with Crippen LogP contribution in [0.1, 0.15) is 77.6 Å². The first-order chi connectivity index (χ1) is 17.1. The molecule has 1 aliphatic carbocycles. The molecule has 1 fully saturated rings. The van der Waals surface area contributed by atoms with Crippen molar-refractivity contribution in [3.05, 3.63) is 74.7 Å². The molecule has 4 aromatic rings. The molecule has 0 aromatic carbocycles. The summed E-state index contributed by atoms with van der Waals surface area (Å²) in [7, 11) is 0. The number of fused-ring (bicyclic) bond motifs is 1. The summed E-state index contributed by atoms with van der Waals surface area (Å²) in [6, 6.07) is 5.36. The number of rotatable bonds is 4. The second kappa shape index (κ2) is 8.51. The summed E-state index contributed by atoms with van der Waals surface area (Å²) in [5, 5.41) is 13.9. The minimum Gasteiger partial charge on any atom is -0.310 e. The highest BCUT2D eigenvalue weighted by atomic mass is 19.4. The lowest BCUT2D eigenvalue weighted by molar-refractivity contribution is -0.141. The van der Waals surface area contributed by atoms with Gasteiger partial charge in [-0.1, -0.05) is 6.07 Å². The van der Waals surface area contributed by atoms with Gasteiger partial charge in [0.05, 0.1) is 6.04 Å². The van der Waals surface area contributed by atoms with Gasteiger partial charge >= 0.3 is 6.18 Å². The summed E-state index contributed by atoms with van der Waals surface area (Å²) in [5.41, 5.74) is 0.701. The van der Waals surface area contributed by atoms with Gasteiger partial charge in [0.1, 0.15) is 28.8 Å². The normalized spacial score (nSPS) is 18.6. The molecule has 36 heavy (non-hydrogen) atoms. The Morgan fingerprint density at radius 2 is 1.83 bits per heavy atom. The van der Waals surface area contributed by atoms with Gasteiger partial charge in [0.15, 0.2) is 11.3 Å². The zero-order valence-corrected chi connectivity index (χ0v) is 19.6. The van der Waals surface area contributed by atoms with Crippen LogP contribution in [0.5, 0.6) is 0 Å². The van der Waals surface area contributed by atoms with Gasteiger partial charge in [-0.15, -0.1) is 0 Å². The molecule has 0 radical (unpaired) electrons. The van der Waals surface area contributed by atoms with E-state index in [1.54, 1.807) is 6.92 Å². The number of nitrogens with zero attached hydrogens (tertiary/aromatic N) is 7. The van der Waals surface area contributed by atoms with Crippen LogP contribution in [0.3, 0.4) is 0 Å². The van der Waals surface area contributed by atoms with E-state index in [-0.39, 0.29) is 28.6 Å². The van der Waals surface area contributed by atoms with Crippen molar-refractivity contribution < 1.29 is 13.2 Å². The molecular weight excluding hydrogens is 473 g/mol. The zero-order valence-electron chi connectivity index (χ0n) is 19.6. The number of H-pyrrole nitrogens is 1. The smallest absolute Gasteiger partial charge is 0.310 e. The van der Waals surface area contributed by atoms with Gasteiger partial charge < -0.3 is 4.98 Å². The van der Waals surface area contributed by atoms with Gasteiger partial charge in [0, 0.05) is 29.4 Å². The highest BCUT2D eigenvalue weighted by Crippen LogP contribution is 2.47. The molecule has 4 aromatic heterocycles. The van der Waals surface area contributed by atoms with Gasteiger partial charge in [-0.2, -0.15) is 23.5 Å². The maximum Gasteiger partial charge on any atom is 0.433 e. The van der Waals surface area contributed by atoms with E-state index in [2.05, 4.69) is 30.0 Å². The van der Waals surface area contributed by atoms with Crippen LogP contribution in [0.4, 0.5) is 13.2 Å². The van der Waals surface area contributed by atoms with Crippen LogP contribution < -0.4 is 5.56 Å². The number of hydrogen-bond donors (Lipinski definition) is 1. The predicted molar refractivity (Wildman–Crippen MR) is 122 cm³/mol. The Morgan fingerprint density at radius 3 is 2.39 bits per heavy atom. The summed E-state index contributed by atoms with van der Waals surface area (Å²) in [6.07, 6.45) is -1.84. The topological polar surface area (TPSA) is 126 Å². The number of pyridine rings is 1. The molecule has 9 nitrogen and oxygen atoms in total. The van der Waals surface area contributed by atoms with Gasteiger partial charge in [0.25, 0.3) is 5.56 Å². The molecule has 12 heteroatoms. The minimum absolute atomic E-state index is 0.0208. The molecule has 184 valence electrons. The Balaban J connectivity index is 1.57. The molecule has 1 N–H and O–H groups in total. The number of nitrogens with one attached hydrogen (secondary N) is 1. The van der Waals surface area contributed by atoms with Crippen molar-refractivity contribution in [2.24, 2.45) is 0 Å². The fourth-order valence-electron chi connectivity index (χ4n) is 4.60. The van der Waals surface area contributed by atoms with Gasteiger partial charge in [-0.25, -0.2) is 19.6 Å². The third kappa shape index (κ3) is 4.00. The molecule has 1 aliphatic rings. The molecular formula is C24H21F3N8O. The molecule has 4 heterocycles. The van der Waals surface area contributed by atoms with Crippen LogP contribution in [0, 0.1) is 25.2 Å². The van der Waals surface area contributed by atoms with Crippen LogP contribution in [-0.4, -0.2) is 34.7 Å². The van der Waals surface area contributed by atoms with Gasteiger partial charge in [-0.3, -0.25) is 9.78 Å². The summed E-state index contributed by atoms with van der Waals surface area (Å²) in [5.74, 6) is 0.990. The number of aromatic nitrogens is 7. The van der Waals surface area contributed by atoms with Crippen molar-refractivity contribution in [2.45, 2.75) is 57.7 Å². The van der Waals surface area contributed by atoms with E-state index in [0.29, 0.717) is 17.2 Å². The average molecular weight is 494 g/mol. The van der Waals surface area contributed by atoms with E-state index < -0.39 is 23.5 Å². The van der Waals surface area contributed by atoms with Crippen molar-refractivity contribution in [3.63, 3.8) is 0 Å². The third-order valence-electron chi connectivity index (χ3n) is 6.57. The van der Waals surface area contributed by atoms with Crippen molar-refractivity contribution in [2.75, 3.05) is 0 Å². The van der Waals surface area contributed by atoms with Crippen LogP contribution in [0.25, 0.3) is 11.0 Å². The van der Waals surface area contributed by atoms with E-state index in [1.807, 2.05) is 26.0 Å². The Bertz CT molecular complexity index is 1550. The molecule has 0 bridgehead atoms. The van der Waals surface area contributed by atoms with Crippen molar-refractivity contribution >= 4 is 11.0 Å². The lowest BCUT2D eigenvalue weighted by Gasteiger charge is -2.34. The van der Waals surface area contributed by atoms with E-state index in [9.17, 15) is 23.2 Å². The first-order valence-corrected chi connectivity index (χ1v) is 11.3. The monoisotopic (exact) mass is 494 g/mol. The number of alkyl halides is 3. The van der Waals surface area contributed by atoms with Crippen molar-refractivity contribution in [1.82, 2.24) is 34.7 Å². The van der Waals surface area contributed by atoms with Gasteiger partial charge in [0.2, 0.25) is 0 Å². The molecule has 5 rings (SSSR count). The number of nitriles is 1. The number of aromatic amines is 1. The van der Waals surface area contributed by atoms with E-state index in [1.165, 1.54) is 10.7 Å². The fraction of sp³-hybridized carbons (Fsp3) is 0.375. The van der Waals surface area contributed by atoms with Crippen LogP contribution in [0.2, 0.25) is 0 Å². The first kappa shape index (κ1) is 23.6. The van der Waals surface area contributed by atoms with Gasteiger partial charge in [-0.05, 0) is 51.3 Å². The zero-order chi connectivity index (χ0) is 25.8. The Morgan fingerprint density at radius 1 is 1.14 bits per heavy atom. The van der Waals surface area contributed by atoms with E-state index in [0.717, 1.165) is 36.5 Å². The molecule has 0 spiro atoms. The highest BCUT2D eigenvalue weighted by molar-refractivity contribution is 5.80. The summed E-state index contributed by atoms with van der Waals surface area (Å²) in [6.45, 7) is 5.49. The second-order valence-corrected chi connectivity index (χ2v) is 9.00. The van der Waals surface area contributed by atoms with E-state index >= 15 is 0 Å². The Labute approximate surface area is 203 Å². The quantitative estimate of drug-likeness (QED) is 0.453. The molecule has 1 saturated carbocycles. The fourth-order valence-corrected chi connectivity index (χ4v) is 4.60. The van der Waals surface area contributed by atoms with Crippen LogP contribution in [-0.2, 0) is 6.18 Å². The highest BCUT2D eigenvalue weighted by Gasteiger charge is 2.38. The van der Waals surface area contributed by atoms with Crippen LogP contribution in [0.15, 0.2) is 29.2 Å². The maximum absolute atomic E-state index is 13.0. The largest absolute Gasteiger partial charge is 0.433 e. The minimum atomic E-state index is -4.56. The Hall–Kier alpha value is -4.14. The SMILES string of the molecule is Cc1cc(C)nc([C@@H]2CC[C@H]2c2nc3c(c(C#N)nn3[C@@H](C)c3ccc(C(F)(F)F)nc3)c(=O)[nH]2)n1. The summed E-state index contributed by atoms with van der Waals surface area (Å²) in [4.78, 5) is 33.2. The average Bonchev–Trinajstić information content (AvgIpc) is 3.16. The third-order valence-corrected chi connectivity index (χ3v) is 6.57. The maximum atomic E-state index is 13.0. The molecule has 0 unspecified atom stereocenters. The second-order valence-electron chi connectivity index (χ2n) is 9.00. The molecule has 3 atom stereocenters.